The fourth-order valence-corrected chi connectivity index (χ4v) is 7.11. The number of pyridine rings is 1. The van der Waals surface area contributed by atoms with E-state index in [-0.39, 0.29) is 12.0 Å². The molecule has 3 N–H and O–H groups in total. The van der Waals surface area contributed by atoms with E-state index < -0.39 is 17.7 Å². The van der Waals surface area contributed by atoms with Crippen molar-refractivity contribution in [3.8, 4) is 11.5 Å². The zero-order valence-corrected chi connectivity index (χ0v) is 19.7. The summed E-state index contributed by atoms with van der Waals surface area (Å²) in [5.74, 6) is 0.786. The third-order valence-corrected chi connectivity index (χ3v) is 8.70. The van der Waals surface area contributed by atoms with E-state index in [1.165, 1.54) is 12.5 Å². The number of H-pyrrole nitrogens is 1. The van der Waals surface area contributed by atoms with Crippen molar-refractivity contribution in [2.45, 2.75) is 38.3 Å². The third-order valence-electron chi connectivity index (χ3n) is 8.70. The van der Waals surface area contributed by atoms with Gasteiger partial charge in [-0.15, -0.1) is 5.10 Å². The van der Waals surface area contributed by atoms with Gasteiger partial charge in [0.1, 0.15) is 17.0 Å². The summed E-state index contributed by atoms with van der Waals surface area (Å²) in [5.41, 5.74) is 2.35. The second-order valence-electron chi connectivity index (χ2n) is 10.3. The van der Waals surface area contributed by atoms with E-state index in [4.69, 9.17) is 14.8 Å². The maximum Gasteiger partial charge on any atom is 0.308 e. The molecule has 6 atom stereocenters. The fourth-order valence-electron chi connectivity index (χ4n) is 7.11. The van der Waals surface area contributed by atoms with Crippen molar-refractivity contribution in [2.24, 2.45) is 29.6 Å². The quantitative estimate of drug-likeness (QED) is 0.374. The Balaban J connectivity index is 1.36. The first-order chi connectivity index (χ1) is 17.5. The largest absolute Gasteiger partial charge is 0.481 e. The van der Waals surface area contributed by atoms with Gasteiger partial charge in [0.05, 0.1) is 29.8 Å². The minimum Gasteiger partial charge on any atom is -0.481 e. The summed E-state index contributed by atoms with van der Waals surface area (Å²) < 4.78 is 21.1. The van der Waals surface area contributed by atoms with Crippen LogP contribution < -0.4 is 5.32 Å². The Bertz CT molecular complexity index is 1500. The number of methoxy groups -OCH3 is 1. The monoisotopic (exact) mass is 491 g/mol. The van der Waals surface area contributed by atoms with Crippen LogP contribution >= 0.6 is 0 Å². The number of halogens is 1. The van der Waals surface area contributed by atoms with Gasteiger partial charge in [0, 0.05) is 13.2 Å². The number of carbonyl (C=O) groups is 1. The van der Waals surface area contributed by atoms with Crippen LogP contribution in [0.15, 0.2) is 24.4 Å². The molecule has 0 spiro atoms. The molecule has 0 radical (unpaired) electrons. The first kappa shape index (κ1) is 21.7. The lowest BCUT2D eigenvalue weighted by Gasteiger charge is -2.60. The SMILES string of the molecule is COCc1ccc2c(N[C@@H]3[C@@H](C(=O)O)[C@H]4CC[C@@H]3C3CCC34)nc(-c3[nH]nc4ncc(F)cc34)nn12. The third kappa shape index (κ3) is 3.08. The Morgan fingerprint density at radius 1 is 1.22 bits per heavy atom. The minimum absolute atomic E-state index is 0.197. The number of hydrogen-bond acceptors (Lipinski definition) is 7. The topological polar surface area (TPSA) is 130 Å². The van der Waals surface area contributed by atoms with Crippen molar-refractivity contribution in [1.29, 1.82) is 0 Å². The molecule has 36 heavy (non-hydrogen) atoms. The number of nitrogens with zero attached hydrogens (tertiary/aromatic N) is 5. The highest BCUT2D eigenvalue weighted by Crippen LogP contribution is 2.60. The van der Waals surface area contributed by atoms with Crippen LogP contribution in [0.4, 0.5) is 10.2 Å². The summed E-state index contributed by atoms with van der Waals surface area (Å²) in [6, 6.07) is 4.96. The smallest absolute Gasteiger partial charge is 0.308 e. The zero-order chi connectivity index (χ0) is 24.6. The molecule has 0 amide bonds. The van der Waals surface area contributed by atoms with E-state index in [1.54, 1.807) is 11.6 Å². The van der Waals surface area contributed by atoms with Gasteiger partial charge in [-0.25, -0.2) is 18.9 Å². The number of rotatable bonds is 6. The molecule has 8 rings (SSSR count). The van der Waals surface area contributed by atoms with E-state index >= 15 is 0 Å². The highest BCUT2D eigenvalue weighted by molar-refractivity contribution is 5.89. The molecule has 4 aromatic heterocycles. The van der Waals surface area contributed by atoms with Gasteiger partial charge in [0.25, 0.3) is 0 Å². The number of aliphatic carboxylic acids is 1. The van der Waals surface area contributed by atoms with E-state index in [1.807, 2.05) is 12.1 Å². The van der Waals surface area contributed by atoms with E-state index in [0.717, 1.165) is 36.7 Å². The van der Waals surface area contributed by atoms with Gasteiger partial charge >= 0.3 is 5.97 Å². The normalized spacial score (nSPS) is 28.8. The molecule has 186 valence electrons. The first-order valence-electron chi connectivity index (χ1n) is 12.4. The Kier molecular flexibility index (Phi) is 4.79. The molecule has 4 fully saturated rings. The van der Waals surface area contributed by atoms with E-state index in [2.05, 4.69) is 20.5 Å². The number of hydrogen-bond donors (Lipinski definition) is 3. The Morgan fingerprint density at radius 3 is 2.78 bits per heavy atom. The highest BCUT2D eigenvalue weighted by atomic mass is 19.1. The van der Waals surface area contributed by atoms with Crippen LogP contribution in [0.2, 0.25) is 0 Å². The highest BCUT2D eigenvalue weighted by Gasteiger charge is 2.59. The number of anilines is 1. The standard InChI is InChI=1S/C25H26FN7O3/c1-36-10-12-2-7-18-23(28-20-16-6-5-15(19(20)25(34)35)13-3-4-14(13)16)29-24(32-33(12)18)21-17-8-11(26)9-27-22(17)31-30-21/h2,7-9,13-16,19-20H,3-6,10H2,1H3,(H,34,35)(H,27,30,31)(H,28,29,32)/t13?,14?,15-,16+,19-,20-/m0/s1. The number of carboxylic acid groups (broad SMARTS) is 1. The molecule has 4 aliphatic carbocycles. The fraction of sp³-hybridized carbons (Fsp3) is 0.480. The van der Waals surface area contributed by atoms with Crippen molar-refractivity contribution >= 4 is 28.3 Å². The van der Waals surface area contributed by atoms with Gasteiger partial charge in [0.15, 0.2) is 11.5 Å². The minimum atomic E-state index is -0.741. The number of aromatic nitrogens is 6. The van der Waals surface area contributed by atoms with Gasteiger partial charge in [0.2, 0.25) is 5.82 Å². The number of nitrogens with one attached hydrogen (secondary N) is 2. The van der Waals surface area contributed by atoms with Crippen molar-refractivity contribution in [3.63, 3.8) is 0 Å². The van der Waals surface area contributed by atoms with Gasteiger partial charge < -0.3 is 15.2 Å². The van der Waals surface area contributed by atoms with Crippen molar-refractivity contribution in [2.75, 3.05) is 12.4 Å². The second kappa shape index (κ2) is 7.95. The lowest BCUT2D eigenvalue weighted by molar-refractivity contribution is -0.160. The van der Waals surface area contributed by atoms with Crippen molar-refractivity contribution < 1.29 is 19.0 Å². The number of fused-ring (bicyclic) bond motifs is 4. The predicted octanol–water partition coefficient (Wildman–Crippen LogP) is 3.50. The summed E-state index contributed by atoms with van der Waals surface area (Å²) in [7, 11) is 1.61. The Labute approximate surface area is 205 Å². The summed E-state index contributed by atoms with van der Waals surface area (Å²) in [6.45, 7) is 0.333. The summed E-state index contributed by atoms with van der Waals surface area (Å²) in [5, 5.41) is 26.1. The molecule has 10 nitrogen and oxygen atoms in total. The molecule has 4 aliphatic rings. The summed E-state index contributed by atoms with van der Waals surface area (Å²) in [4.78, 5) is 21.3. The van der Waals surface area contributed by atoms with Crippen LogP contribution in [-0.2, 0) is 16.1 Å². The molecule has 0 aliphatic heterocycles. The van der Waals surface area contributed by atoms with E-state index in [9.17, 15) is 14.3 Å². The maximum absolute atomic E-state index is 14.0. The molecule has 11 heteroatoms. The Morgan fingerprint density at radius 2 is 2.00 bits per heavy atom. The van der Waals surface area contributed by atoms with Gasteiger partial charge in [-0.1, -0.05) is 0 Å². The summed E-state index contributed by atoms with van der Waals surface area (Å²) in [6.07, 6.45) is 5.44. The molecule has 4 saturated carbocycles. The van der Waals surface area contributed by atoms with Crippen LogP contribution in [-0.4, -0.2) is 54.0 Å². The first-order valence-corrected chi connectivity index (χ1v) is 12.4. The van der Waals surface area contributed by atoms with Crippen LogP contribution in [0.25, 0.3) is 28.1 Å². The van der Waals surface area contributed by atoms with Crippen molar-refractivity contribution in [1.82, 2.24) is 29.8 Å². The van der Waals surface area contributed by atoms with Crippen LogP contribution in [0, 0.1) is 35.4 Å². The Hall–Kier alpha value is -3.60. The maximum atomic E-state index is 14.0. The van der Waals surface area contributed by atoms with Gasteiger partial charge in [-0.2, -0.15) is 5.10 Å². The lowest BCUT2D eigenvalue weighted by atomic mass is 9.46. The molecular weight excluding hydrogens is 465 g/mol. The van der Waals surface area contributed by atoms with Gasteiger partial charge in [-0.05, 0) is 67.6 Å². The van der Waals surface area contributed by atoms with Crippen molar-refractivity contribution in [3.05, 3.63) is 35.9 Å². The average molecular weight is 492 g/mol. The summed E-state index contributed by atoms with van der Waals surface area (Å²) >= 11 is 0. The molecule has 2 bridgehead atoms. The molecule has 2 unspecified atom stereocenters. The molecule has 0 aromatic carbocycles. The lowest BCUT2D eigenvalue weighted by Crippen LogP contribution is -2.61. The number of aromatic amines is 1. The van der Waals surface area contributed by atoms with Crippen LogP contribution in [0.5, 0.6) is 0 Å². The zero-order valence-electron chi connectivity index (χ0n) is 19.7. The number of carboxylic acids is 1. The predicted molar refractivity (Wildman–Crippen MR) is 128 cm³/mol. The number of ether oxygens (including phenoxy) is 1. The van der Waals surface area contributed by atoms with E-state index in [0.29, 0.717) is 52.7 Å². The average Bonchev–Trinajstić information content (AvgIpc) is 3.43. The second-order valence-corrected chi connectivity index (χ2v) is 10.3. The molecular formula is C25H26FN7O3. The van der Waals surface area contributed by atoms with Crippen LogP contribution in [0.3, 0.4) is 0 Å². The molecule has 4 heterocycles. The molecule has 4 aromatic rings. The van der Waals surface area contributed by atoms with Gasteiger partial charge in [-0.3, -0.25) is 9.89 Å². The van der Waals surface area contributed by atoms with Crippen LogP contribution in [0.1, 0.15) is 31.4 Å². The molecule has 0 saturated heterocycles.